The number of amides is 1. The monoisotopic (exact) mass is 413 g/mol. The zero-order valence-electron chi connectivity index (χ0n) is 18.1. The molecule has 0 spiro atoms. The molecule has 0 saturated heterocycles. The topological polar surface area (TPSA) is 83.8 Å². The molecule has 0 aliphatic heterocycles. The molecule has 0 aliphatic rings. The summed E-state index contributed by atoms with van der Waals surface area (Å²) in [5.74, 6) is 1.91. The number of anilines is 1. The number of carbonyl (C=O) groups is 1. The number of hydrogen-bond acceptors (Lipinski definition) is 6. The average Bonchev–Trinajstić information content (AvgIpc) is 3.09. The van der Waals surface area contributed by atoms with E-state index in [1.165, 1.54) is 0 Å². The van der Waals surface area contributed by atoms with Gasteiger partial charge >= 0.3 is 6.09 Å². The van der Waals surface area contributed by atoms with Gasteiger partial charge in [-0.3, -0.25) is 10.00 Å². The molecule has 0 aliphatic carbocycles. The number of ether oxygens (including phenoxy) is 4. The number of carbonyl (C=O) groups excluding carboxylic acids is 1. The molecular formula is C22H27N3O5. The Labute approximate surface area is 175 Å². The number of rotatable bonds is 6. The van der Waals surface area contributed by atoms with Gasteiger partial charge in [0.15, 0.2) is 5.75 Å². The van der Waals surface area contributed by atoms with Gasteiger partial charge < -0.3 is 18.9 Å². The normalized spacial score (nSPS) is 11.3. The van der Waals surface area contributed by atoms with Gasteiger partial charge in [0.1, 0.15) is 22.6 Å². The predicted molar refractivity (Wildman–Crippen MR) is 115 cm³/mol. The zero-order chi connectivity index (χ0) is 21.9. The van der Waals surface area contributed by atoms with E-state index in [1.807, 2.05) is 45.0 Å². The van der Waals surface area contributed by atoms with Gasteiger partial charge in [-0.05, 0) is 45.0 Å². The first kappa shape index (κ1) is 21.3. The van der Waals surface area contributed by atoms with Crippen LogP contribution in [0.3, 0.4) is 0 Å². The minimum atomic E-state index is -0.603. The van der Waals surface area contributed by atoms with Crippen LogP contribution >= 0.6 is 0 Å². The molecule has 1 heterocycles. The van der Waals surface area contributed by atoms with Gasteiger partial charge in [0.2, 0.25) is 0 Å². The lowest BCUT2D eigenvalue weighted by atomic mass is 10.1. The van der Waals surface area contributed by atoms with Crippen LogP contribution in [0.1, 0.15) is 26.3 Å². The molecule has 30 heavy (non-hydrogen) atoms. The zero-order valence-corrected chi connectivity index (χ0v) is 18.1. The highest BCUT2D eigenvalue weighted by atomic mass is 16.6. The Hall–Kier alpha value is -3.42. The van der Waals surface area contributed by atoms with E-state index >= 15 is 0 Å². The van der Waals surface area contributed by atoms with Gasteiger partial charge in [-0.1, -0.05) is 0 Å². The Bertz CT molecular complexity index is 1050. The number of nitrogens with one attached hydrogen (secondary N) is 1. The smallest absolute Gasteiger partial charge is 0.412 e. The van der Waals surface area contributed by atoms with Crippen molar-refractivity contribution < 1.29 is 23.7 Å². The van der Waals surface area contributed by atoms with Gasteiger partial charge in [-0.2, -0.15) is 5.10 Å². The minimum Gasteiger partial charge on any atom is -0.497 e. The summed E-state index contributed by atoms with van der Waals surface area (Å²) in [6.07, 6.45) is 1.20. The first-order valence-corrected chi connectivity index (χ1v) is 9.49. The van der Waals surface area contributed by atoms with Gasteiger partial charge in [0.25, 0.3) is 0 Å². The molecule has 0 bridgehead atoms. The Morgan fingerprint density at radius 3 is 2.47 bits per heavy atom. The van der Waals surface area contributed by atoms with Crippen LogP contribution in [-0.2, 0) is 11.3 Å². The third-order valence-corrected chi connectivity index (χ3v) is 4.41. The average molecular weight is 413 g/mol. The second kappa shape index (κ2) is 8.52. The Morgan fingerprint density at radius 2 is 1.83 bits per heavy atom. The maximum atomic E-state index is 12.3. The number of hydrogen-bond donors (Lipinski definition) is 1. The van der Waals surface area contributed by atoms with Crippen molar-refractivity contribution in [1.82, 2.24) is 9.78 Å². The Morgan fingerprint density at radius 1 is 1.07 bits per heavy atom. The molecule has 0 unspecified atom stereocenters. The third kappa shape index (κ3) is 4.59. The predicted octanol–water partition coefficient (Wildman–Crippen LogP) is 4.46. The van der Waals surface area contributed by atoms with E-state index in [0.717, 1.165) is 16.5 Å². The number of nitrogens with zero attached hydrogens (tertiary/aromatic N) is 2. The highest BCUT2D eigenvalue weighted by Crippen LogP contribution is 2.35. The van der Waals surface area contributed by atoms with Crippen molar-refractivity contribution in [3.8, 4) is 17.2 Å². The second-order valence-electron chi connectivity index (χ2n) is 7.69. The van der Waals surface area contributed by atoms with Gasteiger partial charge in [-0.25, -0.2) is 4.79 Å². The fourth-order valence-corrected chi connectivity index (χ4v) is 3.13. The molecule has 3 aromatic rings. The van der Waals surface area contributed by atoms with Crippen molar-refractivity contribution in [2.24, 2.45) is 0 Å². The lowest BCUT2D eigenvalue weighted by Gasteiger charge is -2.20. The number of benzene rings is 2. The van der Waals surface area contributed by atoms with Crippen molar-refractivity contribution in [2.45, 2.75) is 32.9 Å². The van der Waals surface area contributed by atoms with E-state index in [0.29, 0.717) is 29.5 Å². The van der Waals surface area contributed by atoms with Gasteiger partial charge in [0, 0.05) is 17.0 Å². The standard InChI is InChI=1S/C22H27N3O5/c1-22(2,3)30-21(26)24-17-10-8-14-12-23-25(19(14)20(17)29-6)13-15-7-9-16(27-4)11-18(15)28-5/h7-12H,13H2,1-6H3,(H,24,26). The summed E-state index contributed by atoms with van der Waals surface area (Å²) in [5, 5.41) is 8.15. The molecule has 0 fully saturated rings. The van der Waals surface area contributed by atoms with Crippen LogP contribution in [0.4, 0.5) is 10.5 Å². The van der Waals surface area contributed by atoms with Crippen LogP contribution in [-0.4, -0.2) is 42.8 Å². The number of aromatic nitrogens is 2. The Balaban J connectivity index is 1.98. The molecule has 0 radical (unpaired) electrons. The molecule has 1 aromatic heterocycles. The van der Waals surface area contributed by atoms with Crippen LogP contribution < -0.4 is 19.5 Å². The van der Waals surface area contributed by atoms with Crippen LogP contribution in [0.15, 0.2) is 36.5 Å². The lowest BCUT2D eigenvalue weighted by Crippen LogP contribution is -2.27. The fourth-order valence-electron chi connectivity index (χ4n) is 3.13. The molecule has 3 rings (SSSR count). The molecule has 1 amide bonds. The van der Waals surface area contributed by atoms with Gasteiger partial charge in [-0.15, -0.1) is 0 Å². The first-order valence-electron chi connectivity index (χ1n) is 9.49. The fraction of sp³-hybridized carbons (Fsp3) is 0.364. The number of methoxy groups -OCH3 is 3. The van der Waals surface area contributed by atoms with E-state index in [1.54, 1.807) is 38.3 Å². The van der Waals surface area contributed by atoms with E-state index in [2.05, 4.69) is 10.4 Å². The number of fused-ring (bicyclic) bond motifs is 1. The van der Waals surface area contributed by atoms with Crippen molar-refractivity contribution >= 4 is 22.7 Å². The first-order chi connectivity index (χ1) is 14.3. The Kier molecular flexibility index (Phi) is 6.05. The van der Waals surface area contributed by atoms with E-state index in [4.69, 9.17) is 18.9 Å². The molecular weight excluding hydrogens is 386 g/mol. The highest BCUT2D eigenvalue weighted by Gasteiger charge is 2.20. The van der Waals surface area contributed by atoms with Crippen LogP contribution in [0.25, 0.3) is 10.9 Å². The molecule has 160 valence electrons. The summed E-state index contributed by atoms with van der Waals surface area (Å²) >= 11 is 0. The quantitative estimate of drug-likeness (QED) is 0.642. The van der Waals surface area contributed by atoms with Crippen LogP contribution in [0.5, 0.6) is 17.2 Å². The van der Waals surface area contributed by atoms with Crippen molar-refractivity contribution in [1.29, 1.82) is 0 Å². The maximum Gasteiger partial charge on any atom is 0.412 e. The summed E-state index contributed by atoms with van der Waals surface area (Å²) in [6, 6.07) is 9.27. The maximum absolute atomic E-state index is 12.3. The van der Waals surface area contributed by atoms with Crippen molar-refractivity contribution in [2.75, 3.05) is 26.6 Å². The third-order valence-electron chi connectivity index (χ3n) is 4.41. The highest BCUT2D eigenvalue weighted by molar-refractivity contribution is 5.96. The summed E-state index contributed by atoms with van der Waals surface area (Å²) in [6.45, 7) is 5.88. The summed E-state index contributed by atoms with van der Waals surface area (Å²) in [5.41, 5.74) is 1.58. The molecule has 0 saturated carbocycles. The second-order valence-corrected chi connectivity index (χ2v) is 7.69. The molecule has 2 aromatic carbocycles. The van der Waals surface area contributed by atoms with E-state index < -0.39 is 11.7 Å². The SMILES string of the molecule is COc1ccc(Cn2ncc3ccc(NC(=O)OC(C)(C)C)c(OC)c32)c(OC)c1. The summed E-state index contributed by atoms with van der Waals surface area (Å²) in [4.78, 5) is 12.3. The molecule has 0 atom stereocenters. The summed E-state index contributed by atoms with van der Waals surface area (Å²) in [7, 11) is 4.78. The minimum absolute atomic E-state index is 0.447. The van der Waals surface area contributed by atoms with Crippen molar-refractivity contribution in [3.05, 3.63) is 42.1 Å². The van der Waals surface area contributed by atoms with Crippen molar-refractivity contribution in [3.63, 3.8) is 0 Å². The van der Waals surface area contributed by atoms with E-state index in [9.17, 15) is 4.79 Å². The van der Waals surface area contributed by atoms with Crippen LogP contribution in [0.2, 0.25) is 0 Å². The lowest BCUT2D eigenvalue weighted by molar-refractivity contribution is 0.0635. The van der Waals surface area contributed by atoms with Crippen LogP contribution in [0, 0.1) is 0 Å². The largest absolute Gasteiger partial charge is 0.497 e. The van der Waals surface area contributed by atoms with Gasteiger partial charge in [0.05, 0.1) is 39.8 Å². The van der Waals surface area contributed by atoms with E-state index in [-0.39, 0.29) is 0 Å². The molecule has 1 N–H and O–H groups in total. The molecule has 8 nitrogen and oxygen atoms in total. The summed E-state index contributed by atoms with van der Waals surface area (Å²) < 4.78 is 23.6. The molecule has 8 heteroatoms.